The lowest BCUT2D eigenvalue weighted by Crippen LogP contribution is -1.85. The van der Waals surface area contributed by atoms with Crippen molar-refractivity contribution >= 4 is 35.3 Å². The van der Waals surface area contributed by atoms with E-state index in [-0.39, 0.29) is 0 Å². The lowest BCUT2D eigenvalue weighted by Gasteiger charge is -2.09. The topological polar surface area (TPSA) is 0 Å². The van der Waals surface area contributed by atoms with Crippen molar-refractivity contribution in [1.82, 2.24) is 0 Å². The summed E-state index contributed by atoms with van der Waals surface area (Å²) >= 11 is 5.31. The Kier molecular flexibility index (Phi) is 4.56. The second kappa shape index (κ2) is 5.23. The third-order valence-electron chi connectivity index (χ3n) is 1.82. The lowest BCUT2D eigenvalue weighted by atomic mass is 10.2. The summed E-state index contributed by atoms with van der Waals surface area (Å²) in [5.74, 6) is 0. The average molecular weight is 229 g/mol. The van der Waals surface area contributed by atoms with Gasteiger partial charge in [0.25, 0.3) is 0 Å². The summed E-state index contributed by atoms with van der Waals surface area (Å²) in [7, 11) is 0. The van der Waals surface area contributed by atoms with Crippen LogP contribution in [-0.4, -0.2) is 18.8 Å². The van der Waals surface area contributed by atoms with E-state index in [0.29, 0.717) is 0 Å². The van der Waals surface area contributed by atoms with Gasteiger partial charge in [0.1, 0.15) is 0 Å². The SMILES string of the molecule is [CH2]c1c(SC)cc(SC)cc1SC. The molecule has 0 fully saturated rings. The van der Waals surface area contributed by atoms with E-state index >= 15 is 0 Å². The summed E-state index contributed by atoms with van der Waals surface area (Å²) in [4.78, 5) is 3.90. The third kappa shape index (κ3) is 2.61. The molecule has 0 nitrogen and oxygen atoms in total. The zero-order valence-corrected chi connectivity index (χ0v) is 10.5. The minimum Gasteiger partial charge on any atom is -0.130 e. The van der Waals surface area contributed by atoms with Gasteiger partial charge in [0, 0.05) is 14.7 Å². The molecule has 71 valence electrons. The molecule has 0 aliphatic carbocycles. The molecule has 1 rings (SSSR count). The number of benzene rings is 1. The Labute approximate surface area is 93.3 Å². The number of hydrogen-bond donors (Lipinski definition) is 0. The Bertz CT molecular complexity index is 269. The fraction of sp³-hybridized carbons (Fsp3) is 0.300. The predicted octanol–water partition coefficient (Wildman–Crippen LogP) is 4.03. The van der Waals surface area contributed by atoms with E-state index < -0.39 is 0 Å². The molecule has 0 saturated carbocycles. The highest BCUT2D eigenvalue weighted by Gasteiger charge is 2.05. The van der Waals surface area contributed by atoms with Crippen LogP contribution in [0.15, 0.2) is 26.8 Å². The second-order valence-electron chi connectivity index (χ2n) is 2.51. The first-order chi connectivity index (χ1) is 6.22. The van der Waals surface area contributed by atoms with Crippen LogP contribution in [-0.2, 0) is 0 Å². The van der Waals surface area contributed by atoms with Crippen molar-refractivity contribution in [3.63, 3.8) is 0 Å². The Balaban J connectivity index is 3.20. The Morgan fingerprint density at radius 2 is 1.38 bits per heavy atom. The van der Waals surface area contributed by atoms with E-state index in [1.165, 1.54) is 14.7 Å². The van der Waals surface area contributed by atoms with E-state index in [9.17, 15) is 0 Å². The van der Waals surface area contributed by atoms with Crippen molar-refractivity contribution in [3.8, 4) is 0 Å². The molecule has 0 amide bonds. The molecule has 1 radical (unpaired) electrons. The monoisotopic (exact) mass is 229 g/mol. The molecule has 0 bridgehead atoms. The van der Waals surface area contributed by atoms with Gasteiger partial charge in [-0.2, -0.15) is 0 Å². The maximum atomic E-state index is 4.09. The highest BCUT2D eigenvalue weighted by atomic mass is 32.2. The standard InChI is InChI=1S/C10H13S3/c1-7-9(12-3)5-8(11-2)6-10(7)13-4/h5-6H,1H2,2-4H3. The van der Waals surface area contributed by atoms with Gasteiger partial charge in [-0.05, 0) is 43.4 Å². The lowest BCUT2D eigenvalue weighted by molar-refractivity contribution is 1.19. The molecule has 0 saturated heterocycles. The maximum absolute atomic E-state index is 4.09. The molecule has 0 aliphatic heterocycles. The van der Waals surface area contributed by atoms with Gasteiger partial charge in [0.05, 0.1) is 0 Å². The van der Waals surface area contributed by atoms with Crippen LogP contribution in [0.1, 0.15) is 5.56 Å². The Hall–Kier alpha value is 0.270. The van der Waals surface area contributed by atoms with Crippen molar-refractivity contribution in [3.05, 3.63) is 24.6 Å². The van der Waals surface area contributed by atoms with Gasteiger partial charge >= 0.3 is 0 Å². The first-order valence-corrected chi connectivity index (χ1v) is 7.52. The van der Waals surface area contributed by atoms with E-state index in [4.69, 9.17) is 0 Å². The highest BCUT2D eigenvalue weighted by Crippen LogP contribution is 2.33. The van der Waals surface area contributed by atoms with Crippen molar-refractivity contribution in [2.75, 3.05) is 18.8 Å². The Morgan fingerprint density at radius 1 is 0.923 bits per heavy atom. The first-order valence-electron chi connectivity index (χ1n) is 3.85. The summed E-state index contributed by atoms with van der Waals surface area (Å²) in [6.45, 7) is 4.09. The zero-order chi connectivity index (χ0) is 9.84. The van der Waals surface area contributed by atoms with Crippen LogP contribution in [0.25, 0.3) is 0 Å². The molecule has 0 unspecified atom stereocenters. The molecule has 0 atom stereocenters. The maximum Gasteiger partial charge on any atom is 0.0124 e. The van der Waals surface area contributed by atoms with Gasteiger partial charge in [-0.3, -0.25) is 0 Å². The van der Waals surface area contributed by atoms with Crippen LogP contribution in [0.4, 0.5) is 0 Å². The van der Waals surface area contributed by atoms with Crippen molar-refractivity contribution in [2.45, 2.75) is 14.7 Å². The smallest absolute Gasteiger partial charge is 0.0124 e. The predicted molar refractivity (Wildman–Crippen MR) is 66.2 cm³/mol. The average Bonchev–Trinajstić information content (AvgIpc) is 2.18. The van der Waals surface area contributed by atoms with Crippen molar-refractivity contribution in [2.24, 2.45) is 0 Å². The summed E-state index contributed by atoms with van der Waals surface area (Å²) in [5.41, 5.74) is 1.16. The van der Waals surface area contributed by atoms with Crippen LogP contribution in [0.5, 0.6) is 0 Å². The molecule has 1 aromatic rings. The highest BCUT2D eigenvalue weighted by molar-refractivity contribution is 8.00. The van der Waals surface area contributed by atoms with Gasteiger partial charge in [-0.1, -0.05) is 0 Å². The molecule has 13 heavy (non-hydrogen) atoms. The molecule has 0 aliphatic rings. The summed E-state index contributed by atoms with van der Waals surface area (Å²) < 4.78 is 0. The molecule has 3 heteroatoms. The molecular weight excluding hydrogens is 216 g/mol. The Morgan fingerprint density at radius 3 is 1.69 bits per heavy atom. The van der Waals surface area contributed by atoms with E-state index in [1.807, 2.05) is 0 Å². The van der Waals surface area contributed by atoms with Crippen molar-refractivity contribution in [1.29, 1.82) is 0 Å². The number of rotatable bonds is 3. The molecule has 0 N–H and O–H groups in total. The molecule has 1 aromatic carbocycles. The van der Waals surface area contributed by atoms with Crippen LogP contribution in [0.2, 0.25) is 0 Å². The summed E-state index contributed by atoms with van der Waals surface area (Å²) in [6, 6.07) is 4.41. The number of hydrogen-bond acceptors (Lipinski definition) is 3. The second-order valence-corrected chi connectivity index (χ2v) is 5.09. The molecule has 0 heterocycles. The molecular formula is C10H13S3. The van der Waals surface area contributed by atoms with E-state index in [2.05, 4.69) is 37.8 Å². The van der Waals surface area contributed by atoms with Gasteiger partial charge in [0.2, 0.25) is 0 Å². The fourth-order valence-electron chi connectivity index (χ4n) is 1.08. The van der Waals surface area contributed by atoms with Crippen LogP contribution < -0.4 is 0 Å². The zero-order valence-electron chi connectivity index (χ0n) is 8.09. The quantitative estimate of drug-likeness (QED) is 0.718. The normalized spacial score (nSPS) is 10.5. The van der Waals surface area contributed by atoms with Crippen LogP contribution in [0, 0.1) is 6.92 Å². The minimum atomic E-state index is 1.16. The first kappa shape index (κ1) is 11.3. The minimum absolute atomic E-state index is 1.16. The van der Waals surface area contributed by atoms with Gasteiger partial charge in [0.15, 0.2) is 0 Å². The largest absolute Gasteiger partial charge is 0.130 e. The van der Waals surface area contributed by atoms with Crippen molar-refractivity contribution < 1.29 is 0 Å². The molecule has 0 spiro atoms. The molecule has 0 aromatic heterocycles. The van der Waals surface area contributed by atoms with E-state index in [0.717, 1.165) is 5.56 Å². The van der Waals surface area contributed by atoms with E-state index in [1.54, 1.807) is 35.3 Å². The van der Waals surface area contributed by atoms with Gasteiger partial charge < -0.3 is 0 Å². The van der Waals surface area contributed by atoms with Gasteiger partial charge in [-0.25, -0.2) is 0 Å². The number of thioether (sulfide) groups is 3. The summed E-state index contributed by atoms with van der Waals surface area (Å²) in [6.07, 6.45) is 6.29. The third-order valence-corrected chi connectivity index (χ3v) is 4.13. The van der Waals surface area contributed by atoms with Crippen LogP contribution in [0.3, 0.4) is 0 Å². The summed E-state index contributed by atoms with van der Waals surface area (Å²) in [5, 5.41) is 0. The fourth-order valence-corrected chi connectivity index (χ4v) is 2.97. The van der Waals surface area contributed by atoms with Crippen LogP contribution >= 0.6 is 35.3 Å². The van der Waals surface area contributed by atoms with Gasteiger partial charge in [-0.15, -0.1) is 35.3 Å².